The molecule has 0 saturated heterocycles. The summed E-state index contributed by atoms with van der Waals surface area (Å²) in [6.45, 7) is 10.7. The van der Waals surface area contributed by atoms with Crippen molar-refractivity contribution in [3.63, 3.8) is 0 Å². The molecular weight excluding hydrogens is 210 g/mol. The van der Waals surface area contributed by atoms with Crippen LogP contribution in [0.1, 0.15) is 58.1 Å². The van der Waals surface area contributed by atoms with Crippen LogP contribution < -0.4 is 10.5 Å². The molecule has 94 valence electrons. The Morgan fingerprint density at radius 2 is 1.88 bits per heavy atom. The van der Waals surface area contributed by atoms with E-state index >= 15 is 0 Å². The lowest BCUT2D eigenvalue weighted by Gasteiger charge is -2.42. The molecule has 1 aromatic rings. The van der Waals surface area contributed by atoms with E-state index in [1.54, 1.807) is 0 Å². The molecule has 1 aromatic carbocycles. The van der Waals surface area contributed by atoms with Crippen molar-refractivity contribution in [3.05, 3.63) is 29.3 Å². The molecule has 17 heavy (non-hydrogen) atoms. The number of hydrogen-bond acceptors (Lipinski definition) is 2. The molecule has 1 unspecified atom stereocenters. The molecule has 2 heteroatoms. The summed E-state index contributed by atoms with van der Waals surface area (Å²) in [6.07, 6.45) is 0.842. The van der Waals surface area contributed by atoms with Crippen LogP contribution >= 0.6 is 0 Å². The fourth-order valence-electron chi connectivity index (χ4n) is 2.76. The highest BCUT2D eigenvalue weighted by atomic mass is 16.5. The number of rotatable bonds is 1. The molecule has 0 bridgehead atoms. The van der Waals surface area contributed by atoms with Gasteiger partial charge in [-0.05, 0) is 44.4 Å². The first-order valence-electron chi connectivity index (χ1n) is 6.34. The van der Waals surface area contributed by atoms with Crippen LogP contribution in [0.4, 0.5) is 0 Å². The Kier molecular flexibility index (Phi) is 2.74. The summed E-state index contributed by atoms with van der Waals surface area (Å²) in [4.78, 5) is 0. The molecule has 0 aromatic heterocycles. The van der Waals surface area contributed by atoms with Gasteiger partial charge in [0.1, 0.15) is 11.4 Å². The molecule has 0 fully saturated rings. The Bertz CT molecular complexity index is 433. The van der Waals surface area contributed by atoms with Gasteiger partial charge in [0.05, 0.1) is 0 Å². The fourth-order valence-corrected chi connectivity index (χ4v) is 2.76. The van der Waals surface area contributed by atoms with Crippen LogP contribution in [-0.4, -0.2) is 5.60 Å². The van der Waals surface area contributed by atoms with Gasteiger partial charge < -0.3 is 10.5 Å². The minimum absolute atomic E-state index is 0.185. The largest absolute Gasteiger partial charge is 0.487 e. The van der Waals surface area contributed by atoms with E-state index in [0.29, 0.717) is 5.92 Å². The van der Waals surface area contributed by atoms with Crippen LogP contribution in [0.15, 0.2) is 18.2 Å². The lowest BCUT2D eigenvalue weighted by Crippen LogP contribution is -2.47. The Balaban J connectivity index is 2.51. The van der Waals surface area contributed by atoms with E-state index in [1.165, 1.54) is 5.56 Å². The van der Waals surface area contributed by atoms with Crippen molar-refractivity contribution in [1.82, 2.24) is 0 Å². The highest BCUT2D eigenvalue weighted by molar-refractivity contribution is 5.44. The molecule has 0 aliphatic carbocycles. The molecule has 0 saturated carbocycles. The number of benzene rings is 1. The van der Waals surface area contributed by atoms with Crippen molar-refractivity contribution in [1.29, 1.82) is 0 Å². The average molecular weight is 233 g/mol. The van der Waals surface area contributed by atoms with Crippen molar-refractivity contribution in [3.8, 4) is 5.75 Å². The van der Waals surface area contributed by atoms with Crippen molar-refractivity contribution >= 4 is 0 Å². The Hall–Kier alpha value is -1.02. The van der Waals surface area contributed by atoms with E-state index in [-0.39, 0.29) is 11.1 Å². The summed E-state index contributed by atoms with van der Waals surface area (Å²) in [5.74, 6) is 1.46. The van der Waals surface area contributed by atoms with Gasteiger partial charge in [0.15, 0.2) is 0 Å². The quantitative estimate of drug-likeness (QED) is 0.805. The summed E-state index contributed by atoms with van der Waals surface area (Å²) >= 11 is 0. The highest BCUT2D eigenvalue weighted by Gasteiger charge is 2.39. The second kappa shape index (κ2) is 3.74. The summed E-state index contributed by atoms with van der Waals surface area (Å²) < 4.78 is 6.01. The van der Waals surface area contributed by atoms with Gasteiger partial charge in [-0.1, -0.05) is 19.9 Å². The third-order valence-corrected chi connectivity index (χ3v) is 3.46. The minimum atomic E-state index is -0.304. The molecule has 1 heterocycles. The third-order valence-electron chi connectivity index (χ3n) is 3.46. The maximum Gasteiger partial charge on any atom is 0.125 e. The van der Waals surface area contributed by atoms with E-state index in [0.717, 1.165) is 17.7 Å². The molecule has 1 aliphatic rings. The fraction of sp³-hybridized carbons (Fsp3) is 0.600. The molecule has 0 amide bonds. The van der Waals surface area contributed by atoms with Crippen molar-refractivity contribution in [2.45, 2.75) is 58.1 Å². The molecule has 2 N–H and O–H groups in total. The Labute approximate surface area is 104 Å². The van der Waals surface area contributed by atoms with Crippen LogP contribution in [-0.2, 0) is 5.54 Å². The van der Waals surface area contributed by atoms with Crippen molar-refractivity contribution in [2.75, 3.05) is 0 Å². The molecule has 0 spiro atoms. The molecule has 1 atom stereocenters. The Morgan fingerprint density at radius 3 is 2.47 bits per heavy atom. The van der Waals surface area contributed by atoms with Crippen LogP contribution in [0, 0.1) is 0 Å². The van der Waals surface area contributed by atoms with Crippen molar-refractivity contribution < 1.29 is 4.74 Å². The van der Waals surface area contributed by atoms with Gasteiger partial charge in [0.2, 0.25) is 0 Å². The maximum absolute atomic E-state index is 6.45. The smallest absolute Gasteiger partial charge is 0.125 e. The maximum atomic E-state index is 6.45. The first-order valence-corrected chi connectivity index (χ1v) is 6.34. The summed E-state index contributed by atoms with van der Waals surface area (Å²) in [5.41, 5.74) is 8.43. The SMILES string of the molecule is CC(C)c1ccc2c(c1)C(C)(N)CC(C)(C)O2. The topological polar surface area (TPSA) is 35.2 Å². The van der Waals surface area contributed by atoms with Crippen LogP contribution in [0.5, 0.6) is 5.75 Å². The zero-order valence-corrected chi connectivity index (χ0v) is 11.5. The predicted molar refractivity (Wildman–Crippen MR) is 71.4 cm³/mol. The molecular formula is C15H23NO. The molecule has 0 radical (unpaired) electrons. The second-order valence-electron chi connectivity index (χ2n) is 6.37. The number of ether oxygens (including phenoxy) is 1. The van der Waals surface area contributed by atoms with E-state index in [2.05, 4.69) is 52.8 Å². The van der Waals surface area contributed by atoms with E-state index in [1.807, 2.05) is 0 Å². The second-order valence-corrected chi connectivity index (χ2v) is 6.37. The zero-order valence-electron chi connectivity index (χ0n) is 11.5. The van der Waals surface area contributed by atoms with Gasteiger partial charge in [0.25, 0.3) is 0 Å². The predicted octanol–water partition coefficient (Wildman–Crippen LogP) is 3.55. The summed E-state index contributed by atoms with van der Waals surface area (Å²) in [6, 6.07) is 6.41. The van der Waals surface area contributed by atoms with Crippen LogP contribution in [0.2, 0.25) is 0 Å². The van der Waals surface area contributed by atoms with Gasteiger partial charge >= 0.3 is 0 Å². The average Bonchev–Trinajstić information content (AvgIpc) is 2.13. The highest BCUT2D eigenvalue weighted by Crippen LogP contribution is 2.42. The summed E-state index contributed by atoms with van der Waals surface area (Å²) in [7, 11) is 0. The monoisotopic (exact) mass is 233 g/mol. The first kappa shape index (κ1) is 12.4. The standard InChI is InChI=1S/C15H23NO/c1-10(2)11-6-7-13-12(8-11)15(5,16)9-14(3,4)17-13/h6-8,10H,9,16H2,1-5H3. The lowest BCUT2D eigenvalue weighted by molar-refractivity contribution is 0.0502. The van der Waals surface area contributed by atoms with Gasteiger partial charge in [-0.2, -0.15) is 0 Å². The van der Waals surface area contributed by atoms with Gasteiger partial charge in [0, 0.05) is 17.5 Å². The number of fused-ring (bicyclic) bond motifs is 1. The van der Waals surface area contributed by atoms with E-state index in [9.17, 15) is 0 Å². The van der Waals surface area contributed by atoms with Gasteiger partial charge in [-0.3, -0.25) is 0 Å². The molecule has 2 rings (SSSR count). The molecule has 2 nitrogen and oxygen atoms in total. The minimum Gasteiger partial charge on any atom is -0.487 e. The summed E-state index contributed by atoms with van der Waals surface area (Å²) in [5, 5.41) is 0. The van der Waals surface area contributed by atoms with E-state index < -0.39 is 0 Å². The number of hydrogen-bond donors (Lipinski definition) is 1. The normalized spacial score (nSPS) is 26.5. The molecule has 1 aliphatic heterocycles. The lowest BCUT2D eigenvalue weighted by atomic mass is 9.79. The zero-order chi connectivity index (χ0) is 12.8. The van der Waals surface area contributed by atoms with Crippen molar-refractivity contribution in [2.24, 2.45) is 5.73 Å². The number of nitrogens with two attached hydrogens (primary N) is 1. The van der Waals surface area contributed by atoms with Gasteiger partial charge in [-0.15, -0.1) is 0 Å². The first-order chi connectivity index (χ1) is 7.71. The van der Waals surface area contributed by atoms with Crippen LogP contribution in [0.25, 0.3) is 0 Å². The van der Waals surface area contributed by atoms with E-state index in [4.69, 9.17) is 10.5 Å². The van der Waals surface area contributed by atoms with Gasteiger partial charge in [-0.25, -0.2) is 0 Å². The van der Waals surface area contributed by atoms with Crippen LogP contribution in [0.3, 0.4) is 0 Å². The third kappa shape index (κ3) is 2.32. The Morgan fingerprint density at radius 1 is 1.24 bits per heavy atom.